The van der Waals surface area contributed by atoms with E-state index in [1.54, 1.807) is 0 Å². The van der Waals surface area contributed by atoms with Gasteiger partial charge < -0.3 is 10.4 Å². The fourth-order valence-corrected chi connectivity index (χ4v) is 10.3. The van der Waals surface area contributed by atoms with E-state index in [-0.39, 0.29) is 22.3 Å². The quantitative estimate of drug-likeness (QED) is 0.729. The summed E-state index contributed by atoms with van der Waals surface area (Å²) in [5.41, 5.74) is 1.18. The molecule has 5 fully saturated rings. The summed E-state index contributed by atoms with van der Waals surface area (Å²) in [6.45, 7) is 11.8. The van der Waals surface area contributed by atoms with Crippen molar-refractivity contribution in [1.82, 2.24) is 5.32 Å². The van der Waals surface area contributed by atoms with Gasteiger partial charge in [0.1, 0.15) is 5.78 Å². The van der Waals surface area contributed by atoms with E-state index in [0.717, 1.165) is 25.2 Å². The Bertz CT molecular complexity index is 717. The molecular weight excluding hydrogens is 346 g/mol. The van der Waals surface area contributed by atoms with Crippen molar-refractivity contribution < 1.29 is 9.90 Å². The van der Waals surface area contributed by atoms with Crippen LogP contribution in [-0.4, -0.2) is 30.1 Å². The highest BCUT2D eigenvalue weighted by Gasteiger charge is 2.82. The van der Waals surface area contributed by atoms with E-state index in [4.69, 9.17) is 0 Å². The maximum absolute atomic E-state index is 12.7. The van der Waals surface area contributed by atoms with E-state index in [0.29, 0.717) is 34.5 Å². The summed E-state index contributed by atoms with van der Waals surface area (Å²) in [6.07, 6.45) is 9.14. The first-order valence-electron chi connectivity index (χ1n) is 11.9. The first kappa shape index (κ1) is 19.5. The molecule has 0 saturated heterocycles. The van der Waals surface area contributed by atoms with Crippen molar-refractivity contribution in [2.45, 2.75) is 98.1 Å². The van der Waals surface area contributed by atoms with Gasteiger partial charge in [-0.3, -0.25) is 4.79 Å². The fraction of sp³-hybridized carbons (Fsp3) is 0.960. The van der Waals surface area contributed by atoms with Crippen molar-refractivity contribution in [3.8, 4) is 0 Å². The number of carbonyl (C=O) groups excluding carboxylic acids is 1. The summed E-state index contributed by atoms with van der Waals surface area (Å²) in [5.74, 6) is 2.16. The van der Waals surface area contributed by atoms with Crippen LogP contribution in [0.5, 0.6) is 0 Å². The van der Waals surface area contributed by atoms with Crippen LogP contribution in [0, 0.1) is 44.8 Å². The summed E-state index contributed by atoms with van der Waals surface area (Å²) in [4.78, 5) is 12.7. The number of hydrogen-bond acceptors (Lipinski definition) is 3. The second-order valence-electron chi connectivity index (χ2n) is 12.5. The first-order valence-corrected chi connectivity index (χ1v) is 11.9. The topological polar surface area (TPSA) is 49.3 Å². The van der Waals surface area contributed by atoms with E-state index in [2.05, 4.69) is 39.9 Å². The third-order valence-electron chi connectivity index (χ3n) is 11.9. The molecule has 0 radical (unpaired) electrons. The van der Waals surface area contributed by atoms with Gasteiger partial charge in [0.2, 0.25) is 0 Å². The molecule has 28 heavy (non-hydrogen) atoms. The lowest BCUT2D eigenvalue weighted by molar-refractivity contribution is -0.156. The average Bonchev–Trinajstić information content (AvgIpc) is 3.24. The van der Waals surface area contributed by atoms with Crippen molar-refractivity contribution in [1.29, 1.82) is 0 Å². The maximum Gasteiger partial charge on any atom is 0.138 e. The summed E-state index contributed by atoms with van der Waals surface area (Å²) in [6, 6.07) is 0.353. The van der Waals surface area contributed by atoms with Gasteiger partial charge in [0.25, 0.3) is 0 Å². The molecule has 5 aliphatic carbocycles. The van der Waals surface area contributed by atoms with Crippen LogP contribution >= 0.6 is 0 Å². The molecule has 158 valence electrons. The molecule has 0 amide bonds. The van der Waals surface area contributed by atoms with Crippen LogP contribution in [0.4, 0.5) is 0 Å². The molecule has 5 rings (SSSR count). The molecule has 0 aromatic carbocycles. The van der Waals surface area contributed by atoms with Crippen LogP contribution in [0.2, 0.25) is 0 Å². The maximum atomic E-state index is 12.7. The second-order valence-corrected chi connectivity index (χ2v) is 12.5. The predicted molar refractivity (Wildman–Crippen MR) is 112 cm³/mol. The van der Waals surface area contributed by atoms with E-state index >= 15 is 0 Å². The van der Waals surface area contributed by atoms with Crippen LogP contribution in [0.25, 0.3) is 0 Å². The van der Waals surface area contributed by atoms with Gasteiger partial charge in [-0.25, -0.2) is 0 Å². The number of carbonyl (C=O) groups is 1. The number of nitrogens with one attached hydrogen (secondary N) is 1. The Morgan fingerprint density at radius 2 is 1.64 bits per heavy atom. The molecule has 2 N–H and O–H groups in total. The largest absolute Gasteiger partial charge is 0.393 e. The number of fused-ring (bicyclic) bond motifs is 2. The number of hydrogen-bond donors (Lipinski definition) is 2. The molecule has 9 atom stereocenters. The molecule has 0 aliphatic heterocycles. The molecule has 0 bridgehead atoms. The minimum atomic E-state index is -0.190. The smallest absolute Gasteiger partial charge is 0.138 e. The molecule has 5 saturated carbocycles. The van der Waals surface area contributed by atoms with Gasteiger partial charge >= 0.3 is 0 Å². The minimum Gasteiger partial charge on any atom is -0.393 e. The van der Waals surface area contributed by atoms with Crippen molar-refractivity contribution >= 4 is 5.78 Å². The highest BCUT2D eigenvalue weighted by atomic mass is 16.3. The highest BCUT2D eigenvalue weighted by Crippen LogP contribution is 2.88. The Morgan fingerprint density at radius 3 is 2.32 bits per heavy atom. The molecule has 0 aromatic heterocycles. The summed E-state index contributed by atoms with van der Waals surface area (Å²) >= 11 is 0. The Labute approximate surface area is 171 Å². The molecule has 3 nitrogen and oxygen atoms in total. The van der Waals surface area contributed by atoms with Crippen LogP contribution in [0.3, 0.4) is 0 Å². The van der Waals surface area contributed by atoms with Gasteiger partial charge in [-0.05, 0) is 92.4 Å². The minimum absolute atomic E-state index is 0.132. The Balaban J connectivity index is 1.54. The molecule has 3 heteroatoms. The normalized spacial score (nSPS) is 57.6. The Hall–Kier alpha value is -0.410. The first-order chi connectivity index (χ1) is 13.0. The van der Waals surface area contributed by atoms with Gasteiger partial charge in [0.15, 0.2) is 0 Å². The highest BCUT2D eigenvalue weighted by molar-refractivity contribution is 5.86. The van der Waals surface area contributed by atoms with E-state index in [9.17, 15) is 9.90 Å². The average molecular weight is 388 g/mol. The number of aliphatic hydroxyl groups excluding tert-OH is 1. The van der Waals surface area contributed by atoms with Crippen molar-refractivity contribution in [2.24, 2.45) is 44.8 Å². The number of Topliss-reactive ketones (excluding diaryl/α,β-unsaturated/α-hetero) is 1. The fourth-order valence-electron chi connectivity index (χ4n) is 10.3. The van der Waals surface area contributed by atoms with Crippen LogP contribution in [0.15, 0.2) is 0 Å². The molecular formula is C25H41NO2. The second kappa shape index (κ2) is 5.44. The summed E-state index contributed by atoms with van der Waals surface area (Å²) in [7, 11) is 2.04. The van der Waals surface area contributed by atoms with E-state index in [1.807, 2.05) is 7.05 Å². The zero-order valence-corrected chi connectivity index (χ0v) is 18.9. The third kappa shape index (κ3) is 1.89. The molecule has 5 aliphatic rings. The molecule has 0 unspecified atom stereocenters. The number of rotatable bonds is 2. The van der Waals surface area contributed by atoms with Crippen LogP contribution in [0.1, 0.15) is 86.0 Å². The van der Waals surface area contributed by atoms with Crippen molar-refractivity contribution in [2.75, 3.05) is 7.05 Å². The Morgan fingerprint density at radius 1 is 1.00 bits per heavy atom. The van der Waals surface area contributed by atoms with Gasteiger partial charge in [-0.1, -0.05) is 27.7 Å². The monoisotopic (exact) mass is 387 g/mol. The lowest BCUT2D eigenvalue weighted by Gasteiger charge is -2.62. The van der Waals surface area contributed by atoms with Crippen molar-refractivity contribution in [3.05, 3.63) is 0 Å². The standard InChI is InChI=1S/C25H41NO2/c1-15(26-6)20-16(27)13-23(5)18-8-7-17-21(2,3)19(28)9-10-24(17)14-25(18,24)12-11-22(20,23)4/h15-18,20,26-27H,7-14H2,1-6H3/t15-,16-,17+,18+,20+,22-,23+,24-,25+/m1/s1. The molecule has 0 aromatic rings. The predicted octanol–water partition coefficient (Wildman–Crippen LogP) is 4.57. The summed E-state index contributed by atoms with van der Waals surface area (Å²) in [5, 5.41) is 14.7. The lowest BCUT2D eigenvalue weighted by atomic mass is 9.42. The van der Waals surface area contributed by atoms with Gasteiger partial charge in [-0.15, -0.1) is 0 Å². The number of aliphatic hydroxyl groups is 1. The van der Waals surface area contributed by atoms with Gasteiger partial charge in [0.05, 0.1) is 6.10 Å². The third-order valence-corrected chi connectivity index (χ3v) is 11.9. The van der Waals surface area contributed by atoms with Crippen LogP contribution < -0.4 is 5.32 Å². The summed E-state index contributed by atoms with van der Waals surface area (Å²) < 4.78 is 0. The SMILES string of the molecule is CN[C@H](C)[C@H]1[C@H](O)C[C@@]2(C)[C@@H]3CC[C@H]4C(C)(C)C(=O)CC[C@@]45C[C@@]35CC[C@]12C. The van der Waals surface area contributed by atoms with E-state index < -0.39 is 0 Å². The van der Waals surface area contributed by atoms with Crippen LogP contribution in [-0.2, 0) is 4.79 Å². The van der Waals surface area contributed by atoms with Gasteiger partial charge in [0, 0.05) is 23.8 Å². The molecule has 2 spiro atoms. The molecule has 0 heterocycles. The zero-order valence-electron chi connectivity index (χ0n) is 18.9. The van der Waals surface area contributed by atoms with E-state index in [1.165, 1.54) is 32.1 Å². The lowest BCUT2D eigenvalue weighted by Crippen LogP contribution is -2.58. The number of ketones is 1. The van der Waals surface area contributed by atoms with Crippen molar-refractivity contribution in [3.63, 3.8) is 0 Å². The Kier molecular flexibility index (Phi) is 3.80. The van der Waals surface area contributed by atoms with Gasteiger partial charge in [-0.2, -0.15) is 0 Å². The zero-order chi connectivity index (χ0) is 20.3.